The maximum Gasteiger partial charge on any atom is 0.409 e. The topological polar surface area (TPSA) is 88.2 Å². The lowest BCUT2D eigenvalue weighted by molar-refractivity contribution is 0.210. The van der Waals surface area contributed by atoms with Crippen LogP contribution >= 0.6 is 0 Å². The van der Waals surface area contributed by atoms with Crippen molar-refractivity contribution in [1.29, 1.82) is 0 Å². The highest BCUT2D eigenvalue weighted by Gasteiger charge is 2.14. The molecule has 0 bridgehead atoms. The number of carboxylic acid groups (broad SMARTS) is 1. The molecule has 0 atom stereocenters. The largest absolute Gasteiger partial charge is 0.465 e. The van der Waals surface area contributed by atoms with E-state index >= 15 is 0 Å². The summed E-state index contributed by atoms with van der Waals surface area (Å²) < 4.78 is 17.9. The fourth-order valence-corrected chi connectivity index (χ4v) is 1.33. The number of halogens is 1. The number of aromatic nitrogens is 2. The zero-order valence-electron chi connectivity index (χ0n) is 8.77. The Labute approximate surface area is 95.1 Å². The molecule has 0 aliphatic rings. The molecule has 17 heavy (non-hydrogen) atoms. The lowest BCUT2D eigenvalue weighted by atomic mass is 10.1. The van der Waals surface area contributed by atoms with Crippen molar-refractivity contribution in [3.05, 3.63) is 29.8 Å². The van der Waals surface area contributed by atoms with Crippen LogP contribution < -0.4 is 5.32 Å². The summed E-state index contributed by atoms with van der Waals surface area (Å²) in [5.74, 6) is -0.0226. The van der Waals surface area contributed by atoms with Crippen molar-refractivity contribution in [2.24, 2.45) is 0 Å². The van der Waals surface area contributed by atoms with Crippen LogP contribution in [-0.2, 0) is 0 Å². The summed E-state index contributed by atoms with van der Waals surface area (Å²) in [7, 11) is 0. The Morgan fingerprint density at radius 1 is 1.53 bits per heavy atom. The molecule has 1 amide bonds. The van der Waals surface area contributed by atoms with E-state index in [4.69, 9.17) is 9.63 Å². The molecule has 0 spiro atoms. The van der Waals surface area contributed by atoms with Crippen LogP contribution in [0.15, 0.2) is 22.7 Å². The fraction of sp³-hybridized carbons (Fsp3) is 0.100. The Kier molecular flexibility index (Phi) is 2.73. The molecule has 1 aromatic heterocycles. The summed E-state index contributed by atoms with van der Waals surface area (Å²) >= 11 is 0. The Morgan fingerprint density at radius 3 is 2.88 bits per heavy atom. The van der Waals surface area contributed by atoms with Crippen LogP contribution in [0.5, 0.6) is 0 Å². The van der Waals surface area contributed by atoms with Crippen LogP contribution in [0.3, 0.4) is 0 Å². The summed E-state index contributed by atoms with van der Waals surface area (Å²) in [6, 6.07) is 3.60. The van der Waals surface area contributed by atoms with Gasteiger partial charge >= 0.3 is 6.09 Å². The average molecular weight is 237 g/mol. The van der Waals surface area contributed by atoms with Gasteiger partial charge in [-0.25, -0.2) is 9.18 Å². The zero-order valence-corrected chi connectivity index (χ0v) is 8.77. The maximum atomic E-state index is 13.0. The molecule has 2 rings (SSSR count). The van der Waals surface area contributed by atoms with Gasteiger partial charge in [-0.2, -0.15) is 4.98 Å². The summed E-state index contributed by atoms with van der Waals surface area (Å²) in [6.07, 6.45) is -1.30. The van der Waals surface area contributed by atoms with Crippen LogP contribution in [0.2, 0.25) is 0 Å². The highest BCUT2D eigenvalue weighted by molar-refractivity contribution is 5.88. The van der Waals surface area contributed by atoms with Gasteiger partial charge in [-0.05, 0) is 25.1 Å². The minimum absolute atomic E-state index is 0.0566. The SMILES string of the molecule is Cc1noc(-c2ccc(F)cc2NC(=O)O)n1. The van der Waals surface area contributed by atoms with E-state index in [2.05, 4.69) is 15.5 Å². The number of rotatable bonds is 2. The quantitative estimate of drug-likeness (QED) is 0.836. The molecule has 2 aromatic rings. The normalized spacial score (nSPS) is 10.2. The molecule has 1 aromatic carbocycles. The molecule has 88 valence electrons. The Morgan fingerprint density at radius 2 is 2.29 bits per heavy atom. The Hall–Kier alpha value is -2.44. The summed E-state index contributed by atoms with van der Waals surface area (Å²) in [5, 5.41) is 14.3. The van der Waals surface area contributed by atoms with Crippen molar-refractivity contribution in [2.75, 3.05) is 5.32 Å². The summed E-state index contributed by atoms with van der Waals surface area (Å²) in [4.78, 5) is 14.5. The van der Waals surface area contributed by atoms with Gasteiger partial charge in [-0.1, -0.05) is 5.16 Å². The molecule has 2 N–H and O–H groups in total. The number of benzene rings is 1. The number of carbonyl (C=O) groups is 1. The molecular weight excluding hydrogens is 229 g/mol. The van der Waals surface area contributed by atoms with E-state index in [1.165, 1.54) is 12.1 Å². The van der Waals surface area contributed by atoms with E-state index in [1.54, 1.807) is 6.92 Å². The first-order valence-electron chi connectivity index (χ1n) is 4.66. The van der Waals surface area contributed by atoms with Gasteiger partial charge in [0.2, 0.25) is 0 Å². The number of nitrogens with one attached hydrogen (secondary N) is 1. The molecule has 7 heteroatoms. The molecule has 0 radical (unpaired) electrons. The van der Waals surface area contributed by atoms with Gasteiger partial charge < -0.3 is 9.63 Å². The van der Waals surface area contributed by atoms with Crippen molar-refractivity contribution in [2.45, 2.75) is 6.92 Å². The molecule has 0 aliphatic carbocycles. The van der Waals surface area contributed by atoms with Gasteiger partial charge in [0.05, 0.1) is 11.3 Å². The second-order valence-electron chi connectivity index (χ2n) is 3.27. The molecular formula is C10H8FN3O3. The first-order valence-corrected chi connectivity index (χ1v) is 4.66. The third kappa shape index (κ3) is 2.39. The molecule has 0 unspecified atom stereocenters. The van der Waals surface area contributed by atoms with Crippen molar-refractivity contribution in [1.82, 2.24) is 10.1 Å². The number of hydrogen-bond acceptors (Lipinski definition) is 4. The van der Waals surface area contributed by atoms with E-state index in [9.17, 15) is 9.18 Å². The first kappa shape index (κ1) is 11.1. The number of anilines is 1. The van der Waals surface area contributed by atoms with E-state index in [-0.39, 0.29) is 11.6 Å². The Bertz CT molecular complexity index is 568. The summed E-state index contributed by atoms with van der Waals surface area (Å²) in [6.45, 7) is 1.63. The number of amides is 1. The van der Waals surface area contributed by atoms with E-state index in [0.717, 1.165) is 6.07 Å². The van der Waals surface area contributed by atoms with Crippen LogP contribution in [0.4, 0.5) is 14.9 Å². The molecule has 0 saturated carbocycles. The number of nitrogens with zero attached hydrogens (tertiary/aromatic N) is 2. The van der Waals surface area contributed by atoms with Gasteiger partial charge in [-0.15, -0.1) is 0 Å². The standard InChI is InChI=1S/C10H8FN3O3/c1-5-12-9(17-14-5)7-3-2-6(11)4-8(7)13-10(15)16/h2-4,13H,1H3,(H,15,16). The van der Waals surface area contributed by atoms with Gasteiger partial charge in [0.25, 0.3) is 5.89 Å². The van der Waals surface area contributed by atoms with Crippen LogP contribution in [0.25, 0.3) is 11.5 Å². The lowest BCUT2D eigenvalue weighted by Crippen LogP contribution is -2.08. The molecule has 0 saturated heterocycles. The van der Waals surface area contributed by atoms with E-state index in [0.29, 0.717) is 11.4 Å². The lowest BCUT2D eigenvalue weighted by Gasteiger charge is -2.05. The highest BCUT2D eigenvalue weighted by atomic mass is 19.1. The zero-order chi connectivity index (χ0) is 12.4. The molecule has 0 fully saturated rings. The predicted octanol–water partition coefficient (Wildman–Crippen LogP) is 2.27. The smallest absolute Gasteiger partial charge is 0.409 e. The van der Waals surface area contributed by atoms with Crippen molar-refractivity contribution in [3.63, 3.8) is 0 Å². The average Bonchev–Trinajstić information content (AvgIpc) is 2.64. The third-order valence-electron chi connectivity index (χ3n) is 1.98. The first-order chi connectivity index (χ1) is 8.06. The Balaban J connectivity index is 2.49. The number of aryl methyl sites for hydroxylation is 1. The van der Waals surface area contributed by atoms with E-state index < -0.39 is 11.9 Å². The molecule has 6 nitrogen and oxygen atoms in total. The summed E-state index contributed by atoms with van der Waals surface area (Å²) in [5.41, 5.74) is 0.385. The van der Waals surface area contributed by atoms with Crippen LogP contribution in [0.1, 0.15) is 5.82 Å². The van der Waals surface area contributed by atoms with Crippen LogP contribution in [0, 0.1) is 12.7 Å². The minimum Gasteiger partial charge on any atom is -0.465 e. The predicted molar refractivity (Wildman–Crippen MR) is 56.1 cm³/mol. The number of hydrogen-bond donors (Lipinski definition) is 2. The highest BCUT2D eigenvalue weighted by Crippen LogP contribution is 2.27. The van der Waals surface area contributed by atoms with Crippen molar-refractivity contribution in [3.8, 4) is 11.5 Å². The molecule has 1 heterocycles. The van der Waals surface area contributed by atoms with Crippen LogP contribution in [-0.4, -0.2) is 21.3 Å². The minimum atomic E-state index is -1.30. The maximum absolute atomic E-state index is 13.0. The molecule has 0 aliphatic heterocycles. The fourth-order valence-electron chi connectivity index (χ4n) is 1.33. The van der Waals surface area contributed by atoms with E-state index in [1.807, 2.05) is 0 Å². The second-order valence-corrected chi connectivity index (χ2v) is 3.27. The third-order valence-corrected chi connectivity index (χ3v) is 1.98. The van der Waals surface area contributed by atoms with Gasteiger partial charge in [0.1, 0.15) is 5.82 Å². The van der Waals surface area contributed by atoms with Crippen molar-refractivity contribution < 1.29 is 18.8 Å². The second kappa shape index (κ2) is 4.20. The monoisotopic (exact) mass is 237 g/mol. The van der Waals surface area contributed by atoms with Gasteiger partial charge in [0, 0.05) is 0 Å². The van der Waals surface area contributed by atoms with Gasteiger partial charge in [-0.3, -0.25) is 5.32 Å². The van der Waals surface area contributed by atoms with Gasteiger partial charge in [0.15, 0.2) is 5.82 Å². The van der Waals surface area contributed by atoms with Crippen molar-refractivity contribution >= 4 is 11.8 Å².